The van der Waals surface area contributed by atoms with Crippen molar-refractivity contribution in [2.45, 2.75) is 12.8 Å². The van der Waals surface area contributed by atoms with E-state index in [1.54, 1.807) is 14.0 Å². The highest BCUT2D eigenvalue weighted by molar-refractivity contribution is 9.10. The van der Waals surface area contributed by atoms with Crippen LogP contribution < -0.4 is 4.90 Å². The molecule has 1 aromatic carbocycles. The number of halogens is 1. The number of likely N-dealkylation sites (N-methyl/N-ethyl adjacent to an activating group) is 1. The molecule has 0 aliphatic heterocycles. The molecule has 0 bridgehead atoms. The van der Waals surface area contributed by atoms with Gasteiger partial charge in [-0.05, 0) is 34.5 Å². The average Bonchev–Trinajstić information content (AvgIpc) is 2.52. The SMILES string of the molecule is [2H]c1nc([2H])c(Br)c(N(C)C(=O)C(C)c2ccccc2)c1[2H]. The largest absolute Gasteiger partial charge is 0.314 e. The standard InChI is InChI=1S/C15H15BrN2O/c1-11(12-6-4-3-5-7-12)15(19)18(2)14-8-9-17-10-13(14)16/h3-11H,1-2H3/i8D,9D,10D. The molecule has 1 heterocycles. The molecule has 0 spiro atoms. The van der Waals surface area contributed by atoms with Crippen molar-refractivity contribution in [1.82, 2.24) is 4.98 Å². The first kappa shape index (κ1) is 10.1. The molecule has 1 aromatic heterocycles. The lowest BCUT2D eigenvalue weighted by Gasteiger charge is -2.22. The second-order valence-electron chi connectivity index (χ2n) is 4.15. The van der Waals surface area contributed by atoms with Crippen molar-refractivity contribution in [3.8, 4) is 0 Å². The Morgan fingerprint density at radius 2 is 2.11 bits per heavy atom. The van der Waals surface area contributed by atoms with Gasteiger partial charge in [0, 0.05) is 19.4 Å². The summed E-state index contributed by atoms with van der Waals surface area (Å²) in [5.41, 5.74) is 1.06. The maximum Gasteiger partial charge on any atom is 0.234 e. The lowest BCUT2D eigenvalue weighted by molar-refractivity contribution is -0.119. The molecule has 1 atom stereocenters. The van der Waals surface area contributed by atoms with Gasteiger partial charge in [-0.2, -0.15) is 0 Å². The highest BCUT2D eigenvalue weighted by Gasteiger charge is 2.21. The molecule has 0 aliphatic rings. The Morgan fingerprint density at radius 3 is 2.79 bits per heavy atom. The highest BCUT2D eigenvalue weighted by Crippen LogP contribution is 2.27. The maximum absolute atomic E-state index is 12.6. The predicted molar refractivity (Wildman–Crippen MR) is 80.2 cm³/mol. The number of anilines is 1. The molecule has 0 aliphatic carbocycles. The minimum Gasteiger partial charge on any atom is -0.314 e. The fraction of sp³-hybridized carbons (Fsp3) is 0.200. The third-order valence-corrected chi connectivity index (χ3v) is 3.48. The van der Waals surface area contributed by atoms with Gasteiger partial charge in [-0.1, -0.05) is 30.3 Å². The predicted octanol–water partition coefficient (Wildman–Crippen LogP) is 3.61. The minimum atomic E-state index is -0.394. The van der Waals surface area contributed by atoms with Crippen LogP contribution in [-0.2, 0) is 4.79 Å². The van der Waals surface area contributed by atoms with Gasteiger partial charge in [0.05, 0.1) is 20.2 Å². The lowest BCUT2D eigenvalue weighted by Crippen LogP contribution is -2.30. The van der Waals surface area contributed by atoms with Crippen LogP contribution in [0.2, 0.25) is 0 Å². The number of aromatic nitrogens is 1. The molecule has 0 saturated carbocycles. The van der Waals surface area contributed by atoms with E-state index in [1.807, 2.05) is 30.3 Å². The van der Waals surface area contributed by atoms with E-state index >= 15 is 0 Å². The zero-order chi connectivity index (χ0) is 16.4. The van der Waals surface area contributed by atoms with Crippen LogP contribution in [0.1, 0.15) is 22.5 Å². The third kappa shape index (κ3) is 3.01. The van der Waals surface area contributed by atoms with Gasteiger partial charge in [0.1, 0.15) is 0 Å². The van der Waals surface area contributed by atoms with Crippen molar-refractivity contribution in [3.63, 3.8) is 0 Å². The normalized spacial score (nSPS) is 14.2. The van der Waals surface area contributed by atoms with Crippen molar-refractivity contribution < 1.29 is 8.91 Å². The Hall–Kier alpha value is -1.68. The summed E-state index contributed by atoms with van der Waals surface area (Å²) >= 11 is 3.19. The molecule has 2 rings (SSSR count). The van der Waals surface area contributed by atoms with Crippen LogP contribution >= 0.6 is 15.9 Å². The number of hydrogen-bond acceptors (Lipinski definition) is 2. The van der Waals surface area contributed by atoms with Crippen LogP contribution in [-0.4, -0.2) is 17.9 Å². The number of pyridine rings is 1. The first-order chi connectivity index (χ1) is 10.3. The Morgan fingerprint density at radius 1 is 1.42 bits per heavy atom. The highest BCUT2D eigenvalue weighted by atomic mass is 79.9. The first-order valence-corrected chi connectivity index (χ1v) is 6.59. The van der Waals surface area contributed by atoms with E-state index < -0.39 is 5.92 Å². The van der Waals surface area contributed by atoms with E-state index in [4.69, 9.17) is 4.11 Å². The van der Waals surface area contributed by atoms with Crippen molar-refractivity contribution in [2.75, 3.05) is 11.9 Å². The molecule has 98 valence electrons. The molecule has 19 heavy (non-hydrogen) atoms. The van der Waals surface area contributed by atoms with Crippen molar-refractivity contribution in [3.05, 3.63) is 58.8 Å². The number of benzene rings is 1. The van der Waals surface area contributed by atoms with Gasteiger partial charge in [-0.3, -0.25) is 9.78 Å². The van der Waals surface area contributed by atoms with Crippen LogP contribution in [0.3, 0.4) is 0 Å². The van der Waals surface area contributed by atoms with E-state index in [9.17, 15) is 4.79 Å². The van der Waals surface area contributed by atoms with Gasteiger partial charge in [-0.15, -0.1) is 0 Å². The van der Waals surface area contributed by atoms with Crippen LogP contribution in [0.5, 0.6) is 0 Å². The van der Waals surface area contributed by atoms with Crippen molar-refractivity contribution in [1.29, 1.82) is 0 Å². The summed E-state index contributed by atoms with van der Waals surface area (Å²) in [6.45, 7) is 1.79. The zero-order valence-electron chi connectivity index (χ0n) is 13.6. The molecule has 4 heteroatoms. The monoisotopic (exact) mass is 321 g/mol. The summed E-state index contributed by atoms with van der Waals surface area (Å²) in [6.07, 6.45) is -0.488. The van der Waals surface area contributed by atoms with Crippen LogP contribution in [0.25, 0.3) is 0 Å². The lowest BCUT2D eigenvalue weighted by atomic mass is 10.00. The fourth-order valence-corrected chi connectivity index (χ4v) is 2.24. The second kappa shape index (κ2) is 5.97. The fourth-order valence-electron chi connectivity index (χ4n) is 1.78. The van der Waals surface area contributed by atoms with Crippen molar-refractivity contribution >= 4 is 27.5 Å². The van der Waals surface area contributed by atoms with Crippen LogP contribution in [0.4, 0.5) is 5.69 Å². The number of nitrogens with zero attached hydrogens (tertiary/aromatic N) is 2. The molecule has 3 nitrogen and oxygen atoms in total. The summed E-state index contributed by atoms with van der Waals surface area (Å²) < 4.78 is 23.5. The van der Waals surface area contributed by atoms with E-state index in [2.05, 4.69) is 20.9 Å². The summed E-state index contributed by atoms with van der Waals surface area (Å²) in [4.78, 5) is 17.6. The van der Waals surface area contributed by atoms with Crippen LogP contribution in [0.15, 0.2) is 53.2 Å². The first-order valence-electron chi connectivity index (χ1n) is 7.30. The Labute approximate surface area is 125 Å². The molecule has 1 unspecified atom stereocenters. The second-order valence-corrected chi connectivity index (χ2v) is 4.95. The summed E-state index contributed by atoms with van der Waals surface area (Å²) in [6, 6.07) is 9.16. The number of amides is 1. The summed E-state index contributed by atoms with van der Waals surface area (Å²) in [5, 5.41) is 0. The quantitative estimate of drug-likeness (QED) is 0.865. The van der Waals surface area contributed by atoms with Crippen LogP contribution in [0, 0.1) is 0 Å². The van der Waals surface area contributed by atoms with Gasteiger partial charge < -0.3 is 4.90 Å². The topological polar surface area (TPSA) is 33.2 Å². The number of carbonyl (C=O) groups is 1. The zero-order valence-corrected chi connectivity index (χ0v) is 12.2. The number of rotatable bonds is 3. The summed E-state index contributed by atoms with van der Waals surface area (Å²) in [7, 11) is 1.54. The smallest absolute Gasteiger partial charge is 0.234 e. The molecule has 0 N–H and O–H groups in total. The van der Waals surface area contributed by atoms with Gasteiger partial charge in [0.2, 0.25) is 5.91 Å². The molecular formula is C15H15BrN2O. The minimum absolute atomic E-state index is 0.164. The molecule has 2 aromatic rings. The van der Waals surface area contributed by atoms with E-state index in [1.165, 1.54) is 4.90 Å². The molecule has 0 fully saturated rings. The van der Waals surface area contributed by atoms with Gasteiger partial charge in [-0.25, -0.2) is 0 Å². The molecule has 0 radical (unpaired) electrons. The number of hydrogen-bond donors (Lipinski definition) is 0. The maximum atomic E-state index is 12.6. The van der Waals surface area contributed by atoms with Gasteiger partial charge >= 0.3 is 0 Å². The number of carbonyl (C=O) groups excluding carboxylic acids is 1. The molecular weight excluding hydrogens is 304 g/mol. The third-order valence-electron chi connectivity index (χ3n) is 2.93. The van der Waals surface area contributed by atoms with E-state index in [0.29, 0.717) is 0 Å². The van der Waals surface area contributed by atoms with Gasteiger partial charge in [0.25, 0.3) is 0 Å². The summed E-state index contributed by atoms with van der Waals surface area (Å²) in [5.74, 6) is -0.612. The van der Waals surface area contributed by atoms with Gasteiger partial charge in [0.15, 0.2) is 0 Å². The van der Waals surface area contributed by atoms with E-state index in [-0.39, 0.29) is 34.5 Å². The Kier molecular flexibility index (Phi) is 3.19. The molecule has 0 saturated heterocycles. The average molecular weight is 322 g/mol. The molecule has 1 amide bonds. The Balaban J connectivity index is 2.40. The van der Waals surface area contributed by atoms with E-state index in [0.717, 1.165) is 5.56 Å². The van der Waals surface area contributed by atoms with Crippen molar-refractivity contribution in [2.24, 2.45) is 0 Å². The Bertz CT molecular complexity index is 683.